The predicted molar refractivity (Wildman–Crippen MR) is 302 cm³/mol. The van der Waals surface area contributed by atoms with E-state index < -0.39 is 35.6 Å². The van der Waals surface area contributed by atoms with Gasteiger partial charge in [0.1, 0.15) is 17.6 Å². The second-order valence-corrected chi connectivity index (χ2v) is 25.5. The number of hydrogen-bond donors (Lipinski definition) is 3. The first-order chi connectivity index (χ1) is 38.4. The highest BCUT2D eigenvalue weighted by Gasteiger charge is 2.66. The summed E-state index contributed by atoms with van der Waals surface area (Å²) < 4.78 is 16.4. The summed E-state index contributed by atoms with van der Waals surface area (Å²) in [7, 11) is 2.15. The van der Waals surface area contributed by atoms with Gasteiger partial charge in [0.05, 0.1) is 46.4 Å². The number of para-hydroxylation sites is 1. The van der Waals surface area contributed by atoms with Crippen molar-refractivity contribution in [2.45, 2.75) is 136 Å². The number of carbonyl (C=O) groups excluding carboxylic acids is 4. The van der Waals surface area contributed by atoms with Crippen LogP contribution >= 0.6 is 11.3 Å². The van der Waals surface area contributed by atoms with E-state index in [4.69, 9.17) is 24.5 Å². The highest BCUT2D eigenvalue weighted by molar-refractivity contribution is 7.22. The average Bonchev–Trinajstić information content (AvgIpc) is 1.79. The van der Waals surface area contributed by atoms with E-state index >= 15 is 0 Å². The van der Waals surface area contributed by atoms with Gasteiger partial charge in [-0.25, -0.2) is 14.8 Å². The largest absolute Gasteiger partial charge is 0.493 e. The fourth-order valence-corrected chi connectivity index (χ4v) is 16.3. The lowest BCUT2D eigenvalue weighted by molar-refractivity contribution is -0.248. The van der Waals surface area contributed by atoms with Gasteiger partial charge in [-0.15, -0.1) is 10.2 Å². The van der Waals surface area contributed by atoms with Crippen LogP contribution in [0.5, 0.6) is 5.75 Å². The van der Waals surface area contributed by atoms with Gasteiger partial charge in [0.15, 0.2) is 22.5 Å². The first-order valence-electron chi connectivity index (χ1n) is 28.2. The summed E-state index contributed by atoms with van der Waals surface area (Å²) in [6.45, 7) is 13.2. The van der Waals surface area contributed by atoms with Gasteiger partial charge in [0, 0.05) is 54.0 Å². The Bertz CT molecular complexity index is 3430. The van der Waals surface area contributed by atoms with Crippen LogP contribution in [0, 0.1) is 30.1 Å². The molecule has 4 saturated carbocycles. The van der Waals surface area contributed by atoms with Crippen molar-refractivity contribution < 1.29 is 38.6 Å². The molecule has 0 spiro atoms. The Morgan fingerprint density at radius 1 is 0.850 bits per heavy atom. The minimum absolute atomic E-state index is 0.0199. The number of imide groups is 2. The van der Waals surface area contributed by atoms with Gasteiger partial charge in [-0.1, -0.05) is 56.2 Å². The molecule has 4 aromatic heterocycles. The molecular formula is C60H69N11O8S. The summed E-state index contributed by atoms with van der Waals surface area (Å²) in [4.78, 5) is 78.8. The highest BCUT2D eigenvalue weighted by atomic mass is 32.1. The van der Waals surface area contributed by atoms with Crippen molar-refractivity contribution in [2.75, 3.05) is 50.1 Å². The zero-order chi connectivity index (χ0) is 55.7. The van der Waals surface area contributed by atoms with Crippen molar-refractivity contribution in [1.29, 1.82) is 0 Å². The zero-order valence-electron chi connectivity index (χ0n) is 46.2. The van der Waals surface area contributed by atoms with E-state index in [1.165, 1.54) is 6.42 Å². The molecule has 4 bridgehead atoms. The number of aromatic nitrogens is 6. The Labute approximate surface area is 468 Å². The predicted octanol–water partition coefficient (Wildman–Crippen LogP) is 9.60. The number of thiazole rings is 1. The minimum atomic E-state index is -1.10. The van der Waals surface area contributed by atoms with Crippen molar-refractivity contribution in [2.24, 2.45) is 16.2 Å². The lowest BCUT2D eigenvalue weighted by atomic mass is 9.39. The van der Waals surface area contributed by atoms with E-state index in [2.05, 4.69) is 51.3 Å². The number of piperidine rings is 1. The number of unbranched alkanes of at least 4 members (excludes halogenated alkanes) is 3. The maximum Gasteiger partial charge on any atom is 0.355 e. The van der Waals surface area contributed by atoms with E-state index in [-0.39, 0.29) is 51.5 Å². The lowest BCUT2D eigenvalue weighted by Crippen LogP contribution is -2.64. The van der Waals surface area contributed by atoms with E-state index in [0.29, 0.717) is 48.5 Å². The molecule has 4 aliphatic carbocycles. The molecule has 7 heterocycles. The van der Waals surface area contributed by atoms with Crippen molar-refractivity contribution in [3.8, 4) is 16.9 Å². The lowest BCUT2D eigenvalue weighted by Gasteiger charge is -2.69. The van der Waals surface area contributed by atoms with E-state index in [9.17, 15) is 29.1 Å². The molecule has 3 aliphatic heterocycles. The topological polar surface area (TPSA) is 227 Å². The van der Waals surface area contributed by atoms with E-state index in [1.54, 1.807) is 29.5 Å². The molecule has 0 radical (unpaired) electrons. The van der Waals surface area contributed by atoms with Crippen LogP contribution in [0.25, 0.3) is 21.3 Å². The van der Waals surface area contributed by atoms with E-state index in [0.717, 1.165) is 133 Å². The molecule has 2 aromatic carbocycles. The van der Waals surface area contributed by atoms with Gasteiger partial charge in [-0.3, -0.25) is 34.1 Å². The molecule has 418 valence electrons. The third-order valence-corrected chi connectivity index (χ3v) is 18.8. The Morgan fingerprint density at radius 3 is 2.44 bits per heavy atom. The molecule has 7 aliphatic rings. The molecule has 20 heteroatoms. The fraction of sp³-hybridized carbons (Fsp3) is 0.500. The van der Waals surface area contributed by atoms with E-state index in [1.807, 2.05) is 61.3 Å². The second kappa shape index (κ2) is 20.7. The van der Waals surface area contributed by atoms with Gasteiger partial charge in [0.25, 0.3) is 11.8 Å². The summed E-state index contributed by atoms with van der Waals surface area (Å²) in [5.74, 6) is -1.09. The zero-order valence-corrected chi connectivity index (χ0v) is 47.0. The van der Waals surface area contributed by atoms with Crippen molar-refractivity contribution in [1.82, 2.24) is 45.1 Å². The first-order valence-corrected chi connectivity index (χ1v) is 29.1. The van der Waals surface area contributed by atoms with Crippen LogP contribution in [0.4, 0.5) is 22.6 Å². The number of amides is 4. The number of aromatic carboxylic acids is 1. The standard InChI is InChI=1S/C60H69N11O8S/c1-36-38-15-13-24-69(51(38)67-66-50(36)65-56-62-42-16-8-9-18-45(42)80-56)46-21-19-39(49(63-46)55(76)77)41-28-61-70(37(41)2)35-59-30-57(3)29-58(4,31-59)33-60(32-57,34-59)79-27-25-68(5)23-10-6-7-11-26-78-44-17-12-14-40-48(44)54(75)71(53(40)74)43-20-22-47(72)64-52(43)73/h8-9,12,14,16-19,21,28,43H,6-7,10-11,13,15,20,22-27,29-35H2,1-5H3,(H,76,77)(H,62,65,66)(H,64,72,73). The number of carboxylic acid groups (broad SMARTS) is 1. The summed E-state index contributed by atoms with van der Waals surface area (Å²) in [5.41, 5.74) is 5.58. The highest BCUT2D eigenvalue weighted by Crippen LogP contribution is 2.72. The maximum absolute atomic E-state index is 13.4. The molecule has 3 N–H and O–H groups in total. The number of carbonyl (C=O) groups is 5. The molecule has 3 atom stereocenters. The summed E-state index contributed by atoms with van der Waals surface area (Å²) in [6.07, 6.45) is 13.8. The smallest absolute Gasteiger partial charge is 0.355 e. The maximum atomic E-state index is 13.4. The number of benzene rings is 2. The van der Waals surface area contributed by atoms with Gasteiger partial charge in [0.2, 0.25) is 11.8 Å². The number of nitrogens with one attached hydrogen (secondary N) is 2. The van der Waals surface area contributed by atoms with Crippen molar-refractivity contribution in [3.63, 3.8) is 0 Å². The molecule has 80 heavy (non-hydrogen) atoms. The number of carboxylic acids is 1. The summed E-state index contributed by atoms with van der Waals surface area (Å²) in [6, 6.07) is 15.7. The quantitative estimate of drug-likeness (QED) is 0.0478. The number of nitrogens with zero attached hydrogens (tertiary/aromatic N) is 9. The SMILES string of the molecule is Cc1c(Nc2nc3ccccc3s2)nnc2c1CCCN2c1ccc(-c2cnn(CC34CC5(C)CC(C)(C3)CC(OCCN(C)CCCCCCOc3cccc6c3C(=O)N(C3CCC(=O)NC3=O)C6=O)(C5)C4)c2C)c(C(=O)O)n1. The molecule has 1 saturated heterocycles. The van der Waals surface area contributed by atoms with Gasteiger partial charge in [-0.2, -0.15) is 5.10 Å². The third-order valence-electron chi connectivity index (χ3n) is 17.8. The number of fused-ring (bicyclic) bond motifs is 3. The Balaban J connectivity index is 0.647. The van der Waals surface area contributed by atoms with Gasteiger partial charge >= 0.3 is 5.97 Å². The minimum Gasteiger partial charge on any atom is -0.493 e. The molecule has 19 nitrogen and oxygen atoms in total. The third kappa shape index (κ3) is 10.0. The molecule has 5 fully saturated rings. The first kappa shape index (κ1) is 53.5. The van der Waals surface area contributed by atoms with Gasteiger partial charge in [-0.05, 0) is 151 Å². The average molecular weight is 1100 g/mol. The second-order valence-electron chi connectivity index (χ2n) is 24.4. The Hall–Kier alpha value is -7.16. The van der Waals surface area contributed by atoms with Crippen LogP contribution in [-0.2, 0) is 27.3 Å². The number of anilines is 4. The number of hydrogen-bond acceptors (Lipinski definition) is 16. The van der Waals surface area contributed by atoms with Crippen LogP contribution in [0.3, 0.4) is 0 Å². The summed E-state index contributed by atoms with van der Waals surface area (Å²) >= 11 is 1.57. The van der Waals surface area contributed by atoms with Crippen LogP contribution in [0.1, 0.15) is 145 Å². The normalized spacial score (nSPS) is 24.9. The molecular weight excluding hydrogens is 1030 g/mol. The monoisotopic (exact) mass is 1100 g/mol. The Morgan fingerprint density at radius 2 is 1.65 bits per heavy atom. The number of ether oxygens (including phenoxy) is 2. The summed E-state index contributed by atoms with van der Waals surface area (Å²) in [5, 5.41) is 31.4. The molecule has 3 unspecified atom stereocenters. The molecule has 4 amide bonds. The number of rotatable bonds is 20. The van der Waals surface area contributed by atoms with Crippen molar-refractivity contribution >= 4 is 73.7 Å². The van der Waals surface area contributed by atoms with Crippen LogP contribution in [-0.4, -0.2) is 126 Å². The number of likely N-dealkylation sites (N-methyl/N-ethyl adjacent to an activating group) is 1. The van der Waals surface area contributed by atoms with Gasteiger partial charge < -0.3 is 29.7 Å². The molecule has 6 aromatic rings. The van der Waals surface area contributed by atoms with Crippen LogP contribution < -0.4 is 20.3 Å². The molecule has 13 rings (SSSR count). The fourth-order valence-electron chi connectivity index (χ4n) is 15.4. The van der Waals surface area contributed by atoms with Crippen LogP contribution in [0.2, 0.25) is 0 Å². The van der Waals surface area contributed by atoms with Crippen LogP contribution in [0.15, 0.2) is 60.8 Å². The Kier molecular flexibility index (Phi) is 13.9. The van der Waals surface area contributed by atoms with Crippen molar-refractivity contribution in [3.05, 3.63) is 94.4 Å². The number of pyridine rings is 1.